The summed E-state index contributed by atoms with van der Waals surface area (Å²) in [5.74, 6) is -0.213. The van der Waals surface area contributed by atoms with Crippen LogP contribution in [-0.2, 0) is 9.59 Å². The van der Waals surface area contributed by atoms with Gasteiger partial charge >= 0.3 is 5.97 Å². The first-order chi connectivity index (χ1) is 10.5. The summed E-state index contributed by atoms with van der Waals surface area (Å²) < 4.78 is 0. The number of carboxylic acids is 1. The lowest BCUT2D eigenvalue weighted by atomic mass is 9.93. The monoisotopic (exact) mass is 303 g/mol. The molecule has 1 aliphatic heterocycles. The number of carbonyl (C=O) groups excluding carboxylic acids is 1. The third-order valence-electron chi connectivity index (χ3n) is 4.55. The molecule has 1 aromatic rings. The number of unbranched alkanes of at least 4 members (excludes halogenated alkanes) is 1. The molecule has 1 fully saturated rings. The van der Waals surface area contributed by atoms with Gasteiger partial charge in [-0.3, -0.25) is 9.59 Å². The van der Waals surface area contributed by atoms with Crippen LogP contribution in [0.1, 0.15) is 56.1 Å². The molecule has 1 aromatic carbocycles. The lowest BCUT2D eigenvalue weighted by Crippen LogP contribution is -2.33. The number of aliphatic carboxylic acids is 1. The number of aryl methyl sites for hydroxylation is 1. The van der Waals surface area contributed by atoms with Gasteiger partial charge in [0, 0.05) is 31.3 Å². The van der Waals surface area contributed by atoms with E-state index >= 15 is 0 Å². The summed E-state index contributed by atoms with van der Waals surface area (Å²) in [7, 11) is 0. The molecule has 0 bridgehead atoms. The summed E-state index contributed by atoms with van der Waals surface area (Å²) in [5, 5.41) is 8.62. The van der Waals surface area contributed by atoms with Gasteiger partial charge < -0.3 is 10.0 Å². The smallest absolute Gasteiger partial charge is 0.303 e. The zero-order valence-electron chi connectivity index (χ0n) is 13.4. The van der Waals surface area contributed by atoms with Gasteiger partial charge in [-0.1, -0.05) is 24.3 Å². The number of carboxylic acid groups (broad SMARTS) is 1. The molecule has 1 amide bonds. The molecule has 22 heavy (non-hydrogen) atoms. The quantitative estimate of drug-likeness (QED) is 0.820. The molecule has 2 unspecified atom stereocenters. The molecule has 1 saturated heterocycles. The number of likely N-dealkylation sites (tertiary alicyclic amines) is 1. The molecule has 0 aromatic heterocycles. The second-order valence-corrected chi connectivity index (χ2v) is 6.29. The Kier molecular flexibility index (Phi) is 5.58. The summed E-state index contributed by atoms with van der Waals surface area (Å²) in [4.78, 5) is 24.8. The van der Waals surface area contributed by atoms with E-state index in [-0.39, 0.29) is 18.4 Å². The first kappa shape index (κ1) is 16.5. The Morgan fingerprint density at radius 3 is 2.59 bits per heavy atom. The van der Waals surface area contributed by atoms with E-state index in [2.05, 4.69) is 32.0 Å². The summed E-state index contributed by atoms with van der Waals surface area (Å²) in [6.07, 6.45) is 2.84. The van der Waals surface area contributed by atoms with Gasteiger partial charge in [0.2, 0.25) is 5.91 Å². The Morgan fingerprint density at radius 2 is 1.91 bits per heavy atom. The van der Waals surface area contributed by atoms with Crippen LogP contribution in [0.4, 0.5) is 0 Å². The summed E-state index contributed by atoms with van der Waals surface area (Å²) in [6, 6.07) is 8.65. The Morgan fingerprint density at radius 1 is 1.23 bits per heavy atom. The molecule has 1 heterocycles. The number of amides is 1. The standard InChI is InChI=1S/C18H25NO3/c1-13-7-3-4-8-16(13)15-11-14(2)19(12-15)17(20)9-5-6-10-18(21)22/h3-4,7-8,14-15H,5-6,9-12H2,1-2H3,(H,21,22). The molecular weight excluding hydrogens is 278 g/mol. The molecule has 0 spiro atoms. The van der Waals surface area contributed by atoms with Crippen LogP contribution in [0.25, 0.3) is 0 Å². The number of hydrogen-bond acceptors (Lipinski definition) is 2. The minimum Gasteiger partial charge on any atom is -0.481 e. The fourth-order valence-corrected chi connectivity index (χ4v) is 3.34. The Hall–Kier alpha value is -1.84. The lowest BCUT2D eigenvalue weighted by molar-refractivity contribution is -0.137. The third-order valence-corrected chi connectivity index (χ3v) is 4.55. The van der Waals surface area contributed by atoms with Crippen molar-refractivity contribution in [1.29, 1.82) is 0 Å². The molecule has 0 radical (unpaired) electrons. The molecule has 120 valence electrons. The van der Waals surface area contributed by atoms with Crippen molar-refractivity contribution in [2.75, 3.05) is 6.54 Å². The van der Waals surface area contributed by atoms with Crippen molar-refractivity contribution in [3.8, 4) is 0 Å². The molecule has 0 saturated carbocycles. The van der Waals surface area contributed by atoms with Crippen LogP contribution in [0.15, 0.2) is 24.3 Å². The fraction of sp³-hybridized carbons (Fsp3) is 0.556. The molecular formula is C18H25NO3. The van der Waals surface area contributed by atoms with Crippen LogP contribution in [0.3, 0.4) is 0 Å². The van der Waals surface area contributed by atoms with E-state index in [0.717, 1.165) is 13.0 Å². The Balaban J connectivity index is 1.89. The highest BCUT2D eigenvalue weighted by Crippen LogP contribution is 2.33. The van der Waals surface area contributed by atoms with E-state index in [0.29, 0.717) is 25.2 Å². The number of rotatable bonds is 6. The first-order valence-electron chi connectivity index (χ1n) is 8.06. The molecule has 2 atom stereocenters. The average Bonchev–Trinajstić information content (AvgIpc) is 2.85. The van der Waals surface area contributed by atoms with E-state index in [9.17, 15) is 9.59 Å². The van der Waals surface area contributed by atoms with Crippen molar-refractivity contribution in [2.45, 2.75) is 57.9 Å². The van der Waals surface area contributed by atoms with E-state index in [1.165, 1.54) is 11.1 Å². The summed E-state index contributed by atoms with van der Waals surface area (Å²) >= 11 is 0. The molecule has 0 aliphatic carbocycles. The molecule has 2 rings (SSSR count). The Labute approximate surface area is 132 Å². The fourth-order valence-electron chi connectivity index (χ4n) is 3.34. The van der Waals surface area contributed by atoms with Gasteiger partial charge in [0.05, 0.1) is 0 Å². The second-order valence-electron chi connectivity index (χ2n) is 6.29. The molecule has 4 heteroatoms. The summed E-state index contributed by atoms with van der Waals surface area (Å²) in [5.41, 5.74) is 2.63. The average molecular weight is 303 g/mol. The minimum absolute atomic E-state index is 0.147. The van der Waals surface area contributed by atoms with Crippen molar-refractivity contribution in [3.63, 3.8) is 0 Å². The maximum absolute atomic E-state index is 12.3. The van der Waals surface area contributed by atoms with Gasteiger partial charge in [0.15, 0.2) is 0 Å². The van der Waals surface area contributed by atoms with E-state index in [1.807, 2.05) is 11.0 Å². The van der Waals surface area contributed by atoms with Crippen molar-refractivity contribution in [3.05, 3.63) is 35.4 Å². The van der Waals surface area contributed by atoms with E-state index in [4.69, 9.17) is 5.11 Å². The SMILES string of the molecule is Cc1ccccc1C1CC(C)N(C(=O)CCCCC(=O)O)C1. The molecule has 4 nitrogen and oxygen atoms in total. The van der Waals surface area contributed by atoms with E-state index in [1.54, 1.807) is 0 Å². The zero-order valence-corrected chi connectivity index (χ0v) is 13.4. The van der Waals surface area contributed by atoms with Crippen LogP contribution < -0.4 is 0 Å². The second kappa shape index (κ2) is 7.43. The number of benzene rings is 1. The van der Waals surface area contributed by atoms with Crippen LogP contribution in [0, 0.1) is 6.92 Å². The highest BCUT2D eigenvalue weighted by molar-refractivity contribution is 5.77. The van der Waals surface area contributed by atoms with Gasteiger partial charge in [0.25, 0.3) is 0 Å². The van der Waals surface area contributed by atoms with Gasteiger partial charge in [-0.05, 0) is 44.2 Å². The van der Waals surface area contributed by atoms with Gasteiger partial charge in [0.1, 0.15) is 0 Å². The zero-order chi connectivity index (χ0) is 16.1. The highest BCUT2D eigenvalue weighted by atomic mass is 16.4. The normalized spacial score (nSPS) is 21.1. The third kappa shape index (κ3) is 4.09. The largest absolute Gasteiger partial charge is 0.481 e. The molecule has 1 aliphatic rings. The van der Waals surface area contributed by atoms with Crippen molar-refractivity contribution < 1.29 is 14.7 Å². The van der Waals surface area contributed by atoms with Gasteiger partial charge in [-0.15, -0.1) is 0 Å². The molecule has 1 N–H and O–H groups in total. The number of nitrogens with zero attached hydrogens (tertiary/aromatic N) is 1. The van der Waals surface area contributed by atoms with Crippen molar-refractivity contribution in [1.82, 2.24) is 4.90 Å². The number of hydrogen-bond donors (Lipinski definition) is 1. The van der Waals surface area contributed by atoms with Crippen molar-refractivity contribution in [2.24, 2.45) is 0 Å². The maximum Gasteiger partial charge on any atom is 0.303 e. The lowest BCUT2D eigenvalue weighted by Gasteiger charge is -2.21. The Bertz CT molecular complexity index is 541. The van der Waals surface area contributed by atoms with Gasteiger partial charge in [-0.25, -0.2) is 0 Å². The highest BCUT2D eigenvalue weighted by Gasteiger charge is 2.33. The first-order valence-corrected chi connectivity index (χ1v) is 8.06. The van der Waals surface area contributed by atoms with Crippen LogP contribution in [-0.4, -0.2) is 34.5 Å². The minimum atomic E-state index is -0.790. The summed E-state index contributed by atoms with van der Waals surface area (Å²) in [6.45, 7) is 5.01. The van der Waals surface area contributed by atoms with Gasteiger partial charge in [-0.2, -0.15) is 0 Å². The van der Waals surface area contributed by atoms with Crippen LogP contribution in [0.2, 0.25) is 0 Å². The predicted molar refractivity (Wildman–Crippen MR) is 85.8 cm³/mol. The maximum atomic E-state index is 12.3. The van der Waals surface area contributed by atoms with Crippen LogP contribution in [0.5, 0.6) is 0 Å². The topological polar surface area (TPSA) is 57.6 Å². The predicted octanol–water partition coefficient (Wildman–Crippen LogP) is 3.34. The van der Waals surface area contributed by atoms with Crippen LogP contribution >= 0.6 is 0 Å². The number of carbonyl (C=O) groups is 2. The van der Waals surface area contributed by atoms with E-state index < -0.39 is 5.97 Å². The van der Waals surface area contributed by atoms with Crippen molar-refractivity contribution >= 4 is 11.9 Å².